The molecular weight excluding hydrogens is 278 g/mol. The predicted octanol–water partition coefficient (Wildman–Crippen LogP) is 2.41. The van der Waals surface area contributed by atoms with Crippen LogP contribution in [0.3, 0.4) is 0 Å². The van der Waals surface area contributed by atoms with Crippen molar-refractivity contribution in [3.63, 3.8) is 0 Å². The third kappa shape index (κ3) is 3.38. The minimum atomic E-state index is 0.616. The van der Waals surface area contributed by atoms with Crippen LogP contribution in [0, 0.1) is 33.6 Å². The van der Waals surface area contributed by atoms with Crippen LogP contribution in [0.15, 0.2) is 4.42 Å². The molecule has 3 heterocycles. The van der Waals surface area contributed by atoms with E-state index in [0.717, 1.165) is 55.2 Å². The van der Waals surface area contributed by atoms with Crippen LogP contribution in [-0.4, -0.2) is 37.7 Å². The molecule has 1 aliphatic rings. The molecule has 2 aromatic heterocycles. The van der Waals surface area contributed by atoms with E-state index in [0.29, 0.717) is 5.92 Å². The van der Waals surface area contributed by atoms with Gasteiger partial charge in [-0.3, -0.25) is 4.90 Å². The van der Waals surface area contributed by atoms with Gasteiger partial charge in [-0.2, -0.15) is 5.10 Å². The van der Waals surface area contributed by atoms with Crippen molar-refractivity contribution in [3.05, 3.63) is 29.0 Å². The van der Waals surface area contributed by atoms with Gasteiger partial charge in [0.05, 0.1) is 12.2 Å². The highest BCUT2D eigenvalue weighted by atomic mass is 16.4. The monoisotopic (exact) mass is 303 g/mol. The lowest BCUT2D eigenvalue weighted by atomic mass is 9.98. The minimum absolute atomic E-state index is 0.616. The second-order valence-electron chi connectivity index (χ2n) is 6.38. The molecule has 6 nitrogen and oxygen atoms in total. The van der Waals surface area contributed by atoms with Gasteiger partial charge in [-0.25, -0.2) is 14.6 Å². The zero-order valence-electron chi connectivity index (χ0n) is 14.0. The van der Waals surface area contributed by atoms with Crippen molar-refractivity contribution in [1.29, 1.82) is 0 Å². The summed E-state index contributed by atoms with van der Waals surface area (Å²) in [5, 5.41) is 4.48. The molecule has 1 aliphatic heterocycles. The van der Waals surface area contributed by atoms with Gasteiger partial charge in [0, 0.05) is 13.1 Å². The van der Waals surface area contributed by atoms with Crippen LogP contribution in [0.4, 0.5) is 0 Å². The zero-order chi connectivity index (χ0) is 15.7. The van der Waals surface area contributed by atoms with E-state index in [-0.39, 0.29) is 0 Å². The summed E-state index contributed by atoms with van der Waals surface area (Å²) in [5.74, 6) is 4.25. The summed E-state index contributed by atoms with van der Waals surface area (Å²) >= 11 is 0. The first-order valence-electron chi connectivity index (χ1n) is 8.04. The van der Waals surface area contributed by atoms with Gasteiger partial charge in [-0.05, 0) is 53.0 Å². The largest absolute Gasteiger partial charge is 0.444 e. The first kappa shape index (κ1) is 15.2. The van der Waals surface area contributed by atoms with Crippen LogP contribution in [-0.2, 0) is 13.1 Å². The summed E-state index contributed by atoms with van der Waals surface area (Å²) in [5.41, 5.74) is 0.997. The van der Waals surface area contributed by atoms with E-state index in [1.54, 1.807) is 0 Å². The van der Waals surface area contributed by atoms with Crippen LogP contribution >= 0.6 is 0 Å². The van der Waals surface area contributed by atoms with E-state index in [2.05, 4.69) is 20.0 Å². The molecule has 0 amide bonds. The van der Waals surface area contributed by atoms with E-state index in [9.17, 15) is 0 Å². The molecule has 1 atom stereocenters. The normalized spacial score (nSPS) is 19.7. The van der Waals surface area contributed by atoms with E-state index < -0.39 is 0 Å². The van der Waals surface area contributed by atoms with Crippen molar-refractivity contribution in [2.24, 2.45) is 5.92 Å². The maximum absolute atomic E-state index is 5.71. The molecule has 0 N–H and O–H groups in total. The first-order valence-corrected chi connectivity index (χ1v) is 8.04. The molecule has 0 aromatic carbocycles. The quantitative estimate of drug-likeness (QED) is 0.868. The number of aryl methyl sites for hydroxylation is 4. The van der Waals surface area contributed by atoms with Gasteiger partial charge in [-0.15, -0.1) is 0 Å². The Balaban J connectivity index is 1.60. The van der Waals surface area contributed by atoms with E-state index >= 15 is 0 Å². The van der Waals surface area contributed by atoms with Gasteiger partial charge in [0.15, 0.2) is 0 Å². The lowest BCUT2D eigenvalue weighted by Crippen LogP contribution is -2.37. The third-order valence-corrected chi connectivity index (χ3v) is 4.43. The van der Waals surface area contributed by atoms with Crippen molar-refractivity contribution in [2.75, 3.05) is 13.1 Å². The predicted molar refractivity (Wildman–Crippen MR) is 83.5 cm³/mol. The number of likely N-dealkylation sites (tertiary alicyclic amines) is 1. The summed E-state index contributed by atoms with van der Waals surface area (Å²) < 4.78 is 7.76. The van der Waals surface area contributed by atoms with Crippen molar-refractivity contribution in [2.45, 2.75) is 53.6 Å². The molecule has 3 rings (SSSR count). The Kier molecular flexibility index (Phi) is 4.29. The van der Waals surface area contributed by atoms with E-state index in [1.165, 1.54) is 12.8 Å². The molecule has 2 aromatic rings. The number of oxazole rings is 1. The number of nitrogens with zero attached hydrogens (tertiary/aromatic N) is 5. The molecule has 22 heavy (non-hydrogen) atoms. The van der Waals surface area contributed by atoms with Crippen LogP contribution in [0.1, 0.15) is 41.8 Å². The Hall–Kier alpha value is -1.69. The standard InChI is InChI=1S/C16H25N5O/c1-11-12(2)22-16(17-11)10-20-7-5-6-15(8-20)9-21-14(4)18-13(3)19-21/h15H,5-10H2,1-4H3/t15-/m0/s1. The Morgan fingerprint density at radius 2 is 2.00 bits per heavy atom. The number of aromatic nitrogens is 4. The molecule has 0 bridgehead atoms. The summed E-state index contributed by atoms with van der Waals surface area (Å²) in [4.78, 5) is 11.3. The maximum atomic E-state index is 5.71. The molecular formula is C16H25N5O. The highest BCUT2D eigenvalue weighted by Crippen LogP contribution is 2.21. The Morgan fingerprint density at radius 1 is 1.18 bits per heavy atom. The fourth-order valence-corrected chi connectivity index (χ4v) is 3.22. The second kappa shape index (κ2) is 6.20. The van der Waals surface area contributed by atoms with Gasteiger partial charge in [-0.1, -0.05) is 0 Å². The van der Waals surface area contributed by atoms with E-state index in [4.69, 9.17) is 4.42 Å². The first-order chi connectivity index (χ1) is 10.5. The Labute approximate surface area is 131 Å². The number of hydrogen-bond donors (Lipinski definition) is 0. The third-order valence-electron chi connectivity index (χ3n) is 4.43. The highest BCUT2D eigenvalue weighted by Gasteiger charge is 2.22. The summed E-state index contributed by atoms with van der Waals surface area (Å²) in [6.07, 6.45) is 2.47. The minimum Gasteiger partial charge on any atom is -0.444 e. The number of piperidine rings is 1. The molecule has 0 radical (unpaired) electrons. The number of rotatable bonds is 4. The van der Waals surface area contributed by atoms with Crippen LogP contribution in [0.2, 0.25) is 0 Å². The van der Waals surface area contributed by atoms with Crippen molar-refractivity contribution in [3.8, 4) is 0 Å². The van der Waals surface area contributed by atoms with Gasteiger partial charge in [0.25, 0.3) is 0 Å². The molecule has 0 spiro atoms. The summed E-state index contributed by atoms with van der Waals surface area (Å²) in [6, 6.07) is 0. The Morgan fingerprint density at radius 3 is 2.64 bits per heavy atom. The molecule has 0 aliphatic carbocycles. The highest BCUT2D eigenvalue weighted by molar-refractivity contribution is 5.05. The van der Waals surface area contributed by atoms with Crippen LogP contribution in [0.5, 0.6) is 0 Å². The summed E-state index contributed by atoms with van der Waals surface area (Å²) in [7, 11) is 0. The van der Waals surface area contributed by atoms with Crippen molar-refractivity contribution >= 4 is 0 Å². The van der Waals surface area contributed by atoms with Gasteiger partial charge in [0.1, 0.15) is 17.4 Å². The topological polar surface area (TPSA) is 60.0 Å². The van der Waals surface area contributed by atoms with Gasteiger partial charge < -0.3 is 4.42 Å². The van der Waals surface area contributed by atoms with E-state index in [1.807, 2.05) is 32.4 Å². The van der Waals surface area contributed by atoms with Gasteiger partial charge in [0.2, 0.25) is 5.89 Å². The fraction of sp³-hybridized carbons (Fsp3) is 0.688. The SMILES string of the molecule is Cc1nc(C)n(C[C@H]2CCCN(Cc3nc(C)c(C)o3)C2)n1. The maximum Gasteiger partial charge on any atom is 0.208 e. The average Bonchev–Trinajstić information content (AvgIpc) is 2.92. The molecule has 1 saturated heterocycles. The molecule has 1 fully saturated rings. The smallest absolute Gasteiger partial charge is 0.208 e. The lowest BCUT2D eigenvalue weighted by molar-refractivity contribution is 0.141. The van der Waals surface area contributed by atoms with Crippen LogP contribution in [0.25, 0.3) is 0 Å². The van der Waals surface area contributed by atoms with Crippen molar-refractivity contribution in [1.82, 2.24) is 24.6 Å². The molecule has 0 unspecified atom stereocenters. The summed E-state index contributed by atoms with van der Waals surface area (Å²) in [6.45, 7) is 11.9. The average molecular weight is 303 g/mol. The van der Waals surface area contributed by atoms with Crippen LogP contribution < -0.4 is 0 Å². The zero-order valence-corrected chi connectivity index (χ0v) is 14.0. The molecule has 120 valence electrons. The number of hydrogen-bond acceptors (Lipinski definition) is 5. The van der Waals surface area contributed by atoms with Crippen molar-refractivity contribution < 1.29 is 4.42 Å². The van der Waals surface area contributed by atoms with Gasteiger partial charge >= 0.3 is 0 Å². The molecule has 6 heteroatoms. The Bertz CT molecular complexity index is 626. The molecule has 0 saturated carbocycles. The second-order valence-corrected chi connectivity index (χ2v) is 6.38. The fourth-order valence-electron chi connectivity index (χ4n) is 3.22. The lowest BCUT2D eigenvalue weighted by Gasteiger charge is -2.31.